The first kappa shape index (κ1) is 13.0. The van der Waals surface area contributed by atoms with E-state index in [0.29, 0.717) is 5.69 Å². The van der Waals surface area contributed by atoms with Crippen LogP contribution in [0.1, 0.15) is 51.0 Å². The van der Waals surface area contributed by atoms with Crippen molar-refractivity contribution in [2.45, 2.75) is 51.9 Å². The van der Waals surface area contributed by atoms with Gasteiger partial charge in [0.25, 0.3) is 0 Å². The zero-order valence-electron chi connectivity index (χ0n) is 10.1. The van der Waals surface area contributed by atoms with Gasteiger partial charge >= 0.3 is 0 Å². The molecule has 0 fully saturated rings. The number of benzene rings is 1. The largest absolute Gasteiger partial charge is 0.225 e. The summed E-state index contributed by atoms with van der Waals surface area (Å²) in [5.41, 5.74) is 3.48. The van der Waals surface area contributed by atoms with Crippen molar-refractivity contribution in [1.29, 1.82) is 0 Å². The molecular formula is C14H22FN. The molecule has 0 aliphatic carbocycles. The number of aryl methyl sites for hydroxylation is 1. The van der Waals surface area contributed by atoms with Crippen LogP contribution in [0.25, 0.3) is 0 Å². The second-order valence-electron chi connectivity index (χ2n) is 4.31. The zero-order chi connectivity index (χ0) is 11.6. The van der Waals surface area contributed by atoms with Crippen molar-refractivity contribution in [1.82, 2.24) is 0 Å². The van der Waals surface area contributed by atoms with Crippen LogP contribution in [-0.2, 0) is 6.42 Å². The van der Waals surface area contributed by atoms with Gasteiger partial charge in [0, 0.05) is 0 Å². The molecule has 0 aliphatic rings. The van der Waals surface area contributed by atoms with Crippen molar-refractivity contribution in [3.8, 4) is 0 Å². The smallest absolute Gasteiger partial charge is 0.0655 e. The lowest BCUT2D eigenvalue weighted by molar-refractivity contribution is 0.607. The van der Waals surface area contributed by atoms with E-state index >= 15 is 0 Å². The molecule has 0 spiro atoms. The Hall–Kier alpha value is -1.05. The number of unbranched alkanes of at least 4 members (excludes halogenated alkanes) is 5. The molecule has 2 heteroatoms. The highest BCUT2D eigenvalue weighted by Crippen LogP contribution is 2.13. The molecule has 1 N–H and O–H groups in total. The predicted molar refractivity (Wildman–Crippen MR) is 68.3 cm³/mol. The summed E-state index contributed by atoms with van der Waals surface area (Å²) in [5.74, 6) is 0. The van der Waals surface area contributed by atoms with Gasteiger partial charge in [-0.1, -0.05) is 51.2 Å². The van der Waals surface area contributed by atoms with Gasteiger partial charge in [0.2, 0.25) is 0 Å². The third-order valence-corrected chi connectivity index (χ3v) is 2.88. The maximum atomic E-state index is 12.0. The van der Waals surface area contributed by atoms with Gasteiger partial charge in [-0.2, -0.15) is 0 Å². The Morgan fingerprint density at radius 3 is 2.19 bits per heavy atom. The molecular weight excluding hydrogens is 201 g/mol. The zero-order valence-corrected chi connectivity index (χ0v) is 10.1. The van der Waals surface area contributed by atoms with Crippen LogP contribution >= 0.6 is 0 Å². The van der Waals surface area contributed by atoms with Gasteiger partial charge in [0.15, 0.2) is 0 Å². The summed E-state index contributed by atoms with van der Waals surface area (Å²) in [7, 11) is 0. The van der Waals surface area contributed by atoms with Crippen LogP contribution in [-0.4, -0.2) is 0 Å². The molecule has 0 bridgehead atoms. The second kappa shape index (κ2) is 8.14. The van der Waals surface area contributed by atoms with Crippen LogP contribution in [0.15, 0.2) is 24.3 Å². The van der Waals surface area contributed by atoms with Crippen molar-refractivity contribution >= 4 is 5.69 Å². The average Bonchev–Trinajstić information content (AvgIpc) is 2.34. The third kappa shape index (κ3) is 5.15. The summed E-state index contributed by atoms with van der Waals surface area (Å²) in [4.78, 5) is 0. The lowest BCUT2D eigenvalue weighted by Crippen LogP contribution is -1.87. The summed E-state index contributed by atoms with van der Waals surface area (Å²) < 4.78 is 12.0. The maximum absolute atomic E-state index is 12.0. The van der Waals surface area contributed by atoms with Crippen LogP contribution in [0.5, 0.6) is 0 Å². The van der Waals surface area contributed by atoms with E-state index in [9.17, 15) is 4.48 Å². The number of hydrogen-bond donors (Lipinski definition) is 1. The molecule has 90 valence electrons. The highest BCUT2D eigenvalue weighted by molar-refractivity contribution is 5.42. The first-order valence-electron chi connectivity index (χ1n) is 6.32. The second-order valence-corrected chi connectivity index (χ2v) is 4.31. The van der Waals surface area contributed by atoms with E-state index in [1.807, 2.05) is 12.1 Å². The third-order valence-electron chi connectivity index (χ3n) is 2.88. The molecule has 0 heterocycles. The Balaban J connectivity index is 2.12. The van der Waals surface area contributed by atoms with Crippen molar-refractivity contribution in [2.24, 2.45) is 0 Å². The number of hydrogen-bond acceptors (Lipinski definition) is 1. The molecule has 1 aromatic rings. The van der Waals surface area contributed by atoms with Crippen molar-refractivity contribution < 1.29 is 4.48 Å². The first-order valence-corrected chi connectivity index (χ1v) is 6.32. The molecule has 1 rings (SSSR count). The van der Waals surface area contributed by atoms with E-state index in [0.717, 1.165) is 6.42 Å². The van der Waals surface area contributed by atoms with Gasteiger partial charge in [0.1, 0.15) is 0 Å². The molecule has 0 saturated heterocycles. The van der Waals surface area contributed by atoms with Crippen molar-refractivity contribution in [3.63, 3.8) is 0 Å². The lowest BCUT2D eigenvalue weighted by atomic mass is 10.0. The Morgan fingerprint density at radius 1 is 0.938 bits per heavy atom. The fourth-order valence-corrected chi connectivity index (χ4v) is 1.84. The van der Waals surface area contributed by atoms with E-state index in [4.69, 9.17) is 0 Å². The first-order chi connectivity index (χ1) is 7.86. The van der Waals surface area contributed by atoms with Crippen molar-refractivity contribution in [3.05, 3.63) is 29.8 Å². The number of anilines is 1. The van der Waals surface area contributed by atoms with Gasteiger partial charge in [-0.15, -0.1) is 4.48 Å². The molecule has 0 saturated carbocycles. The molecule has 0 amide bonds. The fraction of sp³-hybridized carbons (Fsp3) is 0.571. The van der Waals surface area contributed by atoms with E-state index in [1.54, 1.807) is 17.7 Å². The molecule has 0 radical (unpaired) electrons. The van der Waals surface area contributed by atoms with Crippen LogP contribution in [0.4, 0.5) is 10.2 Å². The number of nitrogens with one attached hydrogen (secondary N) is 1. The quantitative estimate of drug-likeness (QED) is 0.489. The van der Waals surface area contributed by atoms with Gasteiger partial charge < -0.3 is 0 Å². The highest BCUT2D eigenvalue weighted by Gasteiger charge is 1.95. The summed E-state index contributed by atoms with van der Waals surface area (Å²) in [5, 5.41) is 0. The standard InChI is InChI=1S/C14H22FN/c1-2-3-4-5-6-7-8-13-9-11-14(16-15)12-10-13/h9-12,16H,2-8H2,1H3. The van der Waals surface area contributed by atoms with E-state index < -0.39 is 0 Å². The summed E-state index contributed by atoms with van der Waals surface area (Å²) in [6, 6.07) is 7.56. The normalized spacial score (nSPS) is 10.4. The van der Waals surface area contributed by atoms with Gasteiger partial charge in [0.05, 0.1) is 5.69 Å². The maximum Gasteiger partial charge on any atom is 0.0655 e. The Bertz CT molecular complexity index is 269. The fourth-order valence-electron chi connectivity index (χ4n) is 1.84. The summed E-state index contributed by atoms with van der Waals surface area (Å²) in [6.07, 6.45) is 9.03. The Labute approximate surface area is 98.0 Å². The molecule has 1 aromatic carbocycles. The van der Waals surface area contributed by atoms with Crippen LogP contribution in [0.2, 0.25) is 0 Å². The molecule has 16 heavy (non-hydrogen) atoms. The molecule has 1 nitrogen and oxygen atoms in total. The van der Waals surface area contributed by atoms with Crippen LogP contribution in [0, 0.1) is 0 Å². The minimum atomic E-state index is 0.534. The predicted octanol–water partition coefficient (Wildman–Crippen LogP) is 4.89. The molecule has 0 aliphatic heterocycles. The van der Waals surface area contributed by atoms with Crippen molar-refractivity contribution in [2.75, 3.05) is 5.54 Å². The highest BCUT2D eigenvalue weighted by atomic mass is 19.2. The monoisotopic (exact) mass is 223 g/mol. The molecule has 0 unspecified atom stereocenters. The lowest BCUT2D eigenvalue weighted by Gasteiger charge is -2.03. The minimum Gasteiger partial charge on any atom is -0.225 e. The SMILES string of the molecule is CCCCCCCCc1ccc(NF)cc1. The number of halogens is 1. The summed E-state index contributed by atoms with van der Waals surface area (Å²) in [6.45, 7) is 2.24. The van der Waals surface area contributed by atoms with Gasteiger partial charge in [-0.3, -0.25) is 0 Å². The molecule has 0 atom stereocenters. The summed E-state index contributed by atoms with van der Waals surface area (Å²) >= 11 is 0. The number of rotatable bonds is 8. The minimum absolute atomic E-state index is 0.534. The van der Waals surface area contributed by atoms with Crippen LogP contribution < -0.4 is 5.54 Å². The molecule has 0 aromatic heterocycles. The average molecular weight is 223 g/mol. The van der Waals surface area contributed by atoms with E-state index in [1.165, 1.54) is 44.1 Å². The van der Waals surface area contributed by atoms with E-state index in [-0.39, 0.29) is 0 Å². The van der Waals surface area contributed by atoms with Gasteiger partial charge in [-0.25, -0.2) is 5.54 Å². The Morgan fingerprint density at radius 2 is 1.56 bits per heavy atom. The van der Waals surface area contributed by atoms with Crippen LogP contribution in [0.3, 0.4) is 0 Å². The van der Waals surface area contributed by atoms with Gasteiger partial charge in [-0.05, 0) is 30.5 Å². The topological polar surface area (TPSA) is 12.0 Å². The van der Waals surface area contributed by atoms with E-state index in [2.05, 4.69) is 6.92 Å². The Kier molecular flexibility index (Phi) is 6.62.